The Morgan fingerprint density at radius 1 is 1.19 bits per heavy atom. The molecule has 1 N–H and O–H groups in total. The number of hydrogen-bond acceptors (Lipinski definition) is 3. The molecule has 1 heterocycles. The van der Waals surface area contributed by atoms with Gasteiger partial charge in [0.1, 0.15) is 11.6 Å². The lowest BCUT2D eigenvalue weighted by Crippen LogP contribution is -2.45. The van der Waals surface area contributed by atoms with Gasteiger partial charge in [-0.25, -0.2) is 17.6 Å². The normalized spacial score (nSPS) is 25.2. The number of aromatic nitrogens is 2. The van der Waals surface area contributed by atoms with Crippen molar-refractivity contribution in [3.05, 3.63) is 47.2 Å². The minimum Gasteiger partial charge on any atom is -0.310 e. The molecule has 2 aromatic rings. The first-order valence-electron chi connectivity index (χ1n) is 9.09. The van der Waals surface area contributed by atoms with Crippen molar-refractivity contribution in [3.63, 3.8) is 0 Å². The number of nitrogens with zero attached hydrogens (tertiary/aromatic N) is 2. The maximum Gasteiger partial charge on any atom is 0.250 e. The molecule has 0 radical (unpaired) electrons. The third-order valence-corrected chi connectivity index (χ3v) is 6.56. The molecule has 2 aliphatic carbocycles. The highest BCUT2D eigenvalue weighted by molar-refractivity contribution is 5.63. The van der Waals surface area contributed by atoms with E-state index in [0.29, 0.717) is 6.54 Å². The third kappa shape index (κ3) is 2.58. The lowest BCUT2D eigenvalue weighted by molar-refractivity contribution is 0.133. The van der Waals surface area contributed by atoms with Gasteiger partial charge >= 0.3 is 0 Å². The smallest absolute Gasteiger partial charge is 0.250 e. The lowest BCUT2D eigenvalue weighted by atomic mass is 9.68. The van der Waals surface area contributed by atoms with Gasteiger partial charge in [-0.1, -0.05) is 19.9 Å². The summed E-state index contributed by atoms with van der Waals surface area (Å²) in [5, 5.41) is 11.3. The molecule has 3 nitrogen and oxygen atoms in total. The van der Waals surface area contributed by atoms with Crippen molar-refractivity contribution in [2.24, 2.45) is 5.41 Å². The van der Waals surface area contributed by atoms with Crippen LogP contribution in [0.4, 0.5) is 17.6 Å². The summed E-state index contributed by atoms with van der Waals surface area (Å²) in [6, 6.07) is 5.42. The Balaban J connectivity index is 1.77. The molecule has 2 aliphatic rings. The fraction of sp³-hybridized carbons (Fsp3) is 0.500. The molecule has 0 spiro atoms. The Morgan fingerprint density at radius 2 is 1.89 bits per heavy atom. The summed E-state index contributed by atoms with van der Waals surface area (Å²) in [5.41, 5.74) is 1.08. The van der Waals surface area contributed by atoms with Gasteiger partial charge in [0.05, 0.1) is 23.5 Å². The molecule has 2 bridgehead atoms. The van der Waals surface area contributed by atoms with E-state index in [2.05, 4.69) is 29.4 Å². The van der Waals surface area contributed by atoms with Crippen LogP contribution in [0.2, 0.25) is 0 Å². The number of alkyl halides is 2. The van der Waals surface area contributed by atoms with Crippen molar-refractivity contribution in [3.8, 4) is 11.3 Å². The first-order valence-corrected chi connectivity index (χ1v) is 9.09. The minimum absolute atomic E-state index is 0.157. The highest BCUT2D eigenvalue weighted by Gasteiger charge is 2.63. The van der Waals surface area contributed by atoms with E-state index in [9.17, 15) is 17.6 Å². The zero-order valence-corrected chi connectivity index (χ0v) is 15.2. The summed E-state index contributed by atoms with van der Waals surface area (Å²) in [6.07, 6.45) is -0.697. The third-order valence-electron chi connectivity index (χ3n) is 6.56. The number of halogens is 4. The molecule has 144 valence electrons. The van der Waals surface area contributed by atoms with Crippen molar-refractivity contribution in [2.45, 2.75) is 44.4 Å². The van der Waals surface area contributed by atoms with E-state index in [-0.39, 0.29) is 29.1 Å². The predicted molar refractivity (Wildman–Crippen MR) is 93.7 cm³/mol. The zero-order chi connectivity index (χ0) is 19.4. The van der Waals surface area contributed by atoms with E-state index in [1.54, 1.807) is 6.07 Å². The van der Waals surface area contributed by atoms with Crippen LogP contribution < -0.4 is 5.32 Å². The van der Waals surface area contributed by atoms with Gasteiger partial charge in [0.25, 0.3) is 6.43 Å². The van der Waals surface area contributed by atoms with Crippen LogP contribution in [0.1, 0.15) is 43.9 Å². The van der Waals surface area contributed by atoms with E-state index in [1.165, 1.54) is 18.2 Å². The van der Waals surface area contributed by atoms with Crippen molar-refractivity contribution in [2.75, 3.05) is 13.1 Å². The number of fused-ring (bicyclic) bond motifs is 5. The molecule has 0 unspecified atom stereocenters. The van der Waals surface area contributed by atoms with Gasteiger partial charge in [-0.05, 0) is 47.9 Å². The second kappa shape index (κ2) is 6.26. The second-order valence-corrected chi connectivity index (χ2v) is 8.05. The van der Waals surface area contributed by atoms with Gasteiger partial charge in [0.15, 0.2) is 0 Å². The van der Waals surface area contributed by atoms with Crippen LogP contribution >= 0.6 is 0 Å². The van der Waals surface area contributed by atoms with E-state index in [4.69, 9.17) is 0 Å². The van der Waals surface area contributed by atoms with Gasteiger partial charge in [0.2, 0.25) is 0 Å². The fourth-order valence-electron chi connectivity index (χ4n) is 5.08. The molecule has 1 aromatic carbocycles. The average Bonchev–Trinajstić information content (AvgIpc) is 2.95. The van der Waals surface area contributed by atoms with E-state index >= 15 is 0 Å². The number of nitrogens with one attached hydrogen (secondary N) is 1. The Bertz CT molecular complexity index is 863. The molecule has 2 atom stereocenters. The number of hydrogen-bond donors (Lipinski definition) is 1. The minimum atomic E-state index is -2.42. The molecule has 4 rings (SSSR count). The Labute approximate surface area is 155 Å². The average molecular weight is 379 g/mol. The van der Waals surface area contributed by atoms with Crippen LogP contribution in [0.5, 0.6) is 0 Å². The summed E-state index contributed by atoms with van der Waals surface area (Å²) >= 11 is 0. The Hall–Kier alpha value is -2.02. The summed E-state index contributed by atoms with van der Waals surface area (Å²) in [4.78, 5) is 0. The molecular formula is C20H21F4N3. The Morgan fingerprint density at radius 3 is 2.56 bits per heavy atom. The topological polar surface area (TPSA) is 37.8 Å². The summed E-state index contributed by atoms with van der Waals surface area (Å²) < 4.78 is 53.5. The van der Waals surface area contributed by atoms with Crippen LogP contribution in [0, 0.1) is 17.0 Å². The molecule has 0 amide bonds. The van der Waals surface area contributed by atoms with Crippen LogP contribution in [0.15, 0.2) is 24.3 Å². The number of benzene rings is 1. The first kappa shape index (κ1) is 18.3. The monoisotopic (exact) mass is 379 g/mol. The van der Waals surface area contributed by atoms with Crippen molar-refractivity contribution in [1.29, 1.82) is 0 Å². The van der Waals surface area contributed by atoms with Gasteiger partial charge in [-0.2, -0.15) is 10.2 Å². The lowest BCUT2D eigenvalue weighted by Gasteiger charge is -2.38. The van der Waals surface area contributed by atoms with Crippen LogP contribution in [0.25, 0.3) is 11.3 Å². The highest BCUT2D eigenvalue weighted by Crippen LogP contribution is 2.67. The van der Waals surface area contributed by atoms with E-state index in [0.717, 1.165) is 24.1 Å². The van der Waals surface area contributed by atoms with Gasteiger partial charge in [0, 0.05) is 12.0 Å². The Kier molecular flexibility index (Phi) is 4.25. The van der Waals surface area contributed by atoms with Crippen molar-refractivity contribution in [1.82, 2.24) is 15.5 Å². The van der Waals surface area contributed by atoms with E-state index in [1.807, 2.05) is 0 Å². The quantitative estimate of drug-likeness (QED) is 0.781. The molecule has 0 aliphatic heterocycles. The molecule has 0 saturated heterocycles. The molecule has 1 aromatic heterocycles. The van der Waals surface area contributed by atoms with E-state index < -0.39 is 23.5 Å². The SMILES string of the molecule is CC1(C)[C@@H]2CC[C@@]1(CNCC(F)F)c1nnc(-c3c(F)cccc3F)cc12. The first-order chi connectivity index (χ1) is 12.8. The molecule has 1 saturated carbocycles. The summed E-state index contributed by atoms with van der Waals surface area (Å²) in [7, 11) is 0. The predicted octanol–water partition coefficient (Wildman–Crippen LogP) is 4.43. The molecule has 7 heteroatoms. The number of rotatable bonds is 5. The van der Waals surface area contributed by atoms with Crippen LogP contribution in [-0.2, 0) is 5.41 Å². The largest absolute Gasteiger partial charge is 0.310 e. The molecule has 27 heavy (non-hydrogen) atoms. The van der Waals surface area contributed by atoms with Gasteiger partial charge < -0.3 is 5.32 Å². The van der Waals surface area contributed by atoms with Crippen LogP contribution in [0.3, 0.4) is 0 Å². The highest BCUT2D eigenvalue weighted by atomic mass is 19.3. The van der Waals surface area contributed by atoms with Crippen molar-refractivity contribution < 1.29 is 17.6 Å². The zero-order valence-electron chi connectivity index (χ0n) is 15.2. The van der Waals surface area contributed by atoms with Gasteiger partial charge in [-0.3, -0.25) is 0 Å². The van der Waals surface area contributed by atoms with Gasteiger partial charge in [-0.15, -0.1) is 0 Å². The van der Waals surface area contributed by atoms with Crippen molar-refractivity contribution >= 4 is 0 Å². The fourth-order valence-corrected chi connectivity index (χ4v) is 5.08. The second-order valence-electron chi connectivity index (χ2n) is 8.05. The summed E-state index contributed by atoms with van der Waals surface area (Å²) in [5.74, 6) is -1.20. The maximum atomic E-state index is 14.2. The molecular weight excluding hydrogens is 358 g/mol. The standard InChI is InChI=1S/C20H21F4N3/c1-19(2)12-6-7-20(19,10-25-9-16(23)24)18-11(12)8-15(26-27-18)17-13(21)4-3-5-14(17)22/h3-5,8,12,16,25H,6-7,9-10H2,1-2H3/t12-,20-/m1/s1. The maximum absolute atomic E-state index is 14.2. The van der Waals surface area contributed by atoms with Crippen LogP contribution in [-0.4, -0.2) is 29.7 Å². The summed E-state index contributed by atoms with van der Waals surface area (Å²) in [6.45, 7) is 4.24. The molecule has 1 fully saturated rings.